The van der Waals surface area contributed by atoms with Crippen molar-refractivity contribution in [2.75, 3.05) is 50.3 Å². The fraction of sp³-hybridized carbons (Fsp3) is 0.323. The van der Waals surface area contributed by atoms with Crippen LogP contribution in [0.4, 0.5) is 23.0 Å². The Kier molecular flexibility index (Phi) is 8.74. The number of carbonyl (C=O) groups is 1. The van der Waals surface area contributed by atoms with Crippen LogP contribution in [0.5, 0.6) is 5.75 Å². The van der Waals surface area contributed by atoms with Gasteiger partial charge in [-0.25, -0.2) is 9.97 Å². The van der Waals surface area contributed by atoms with Crippen LogP contribution in [0.3, 0.4) is 0 Å². The first-order valence-electron chi connectivity index (χ1n) is 13.3. The number of ether oxygens (including phenoxy) is 1. The molecule has 0 aliphatic heterocycles. The highest BCUT2D eigenvalue weighted by molar-refractivity contribution is 6.02. The fourth-order valence-corrected chi connectivity index (χ4v) is 4.98. The standard InChI is InChI=1S/C31H39N7O2/c1-9-30(39)33-24-16-25(29(40-8)17-27(24)38(7)28(20(2)3)19-36(4)5)35-31-32-15-14-23(34-31)22-18-37(6)26-13-11-10-12-21(22)26/h9-18,20,28H,1,19H2,2-8H3,(H,33,39)(H,32,34,35). The molecule has 4 aromatic rings. The molecule has 210 valence electrons. The lowest BCUT2D eigenvalue weighted by Crippen LogP contribution is -2.43. The summed E-state index contributed by atoms with van der Waals surface area (Å²) < 4.78 is 7.89. The molecule has 0 aliphatic rings. The molecule has 0 aliphatic carbocycles. The van der Waals surface area contributed by atoms with Crippen LogP contribution in [0.25, 0.3) is 22.2 Å². The Morgan fingerprint density at radius 2 is 1.90 bits per heavy atom. The highest BCUT2D eigenvalue weighted by atomic mass is 16.5. The van der Waals surface area contributed by atoms with E-state index in [4.69, 9.17) is 9.72 Å². The minimum absolute atomic E-state index is 0.193. The number of anilines is 4. The summed E-state index contributed by atoms with van der Waals surface area (Å²) in [6, 6.07) is 14.1. The summed E-state index contributed by atoms with van der Waals surface area (Å²) in [4.78, 5) is 26.1. The van der Waals surface area contributed by atoms with Crippen LogP contribution < -0.4 is 20.3 Å². The van der Waals surface area contributed by atoms with Gasteiger partial charge >= 0.3 is 0 Å². The minimum Gasteiger partial charge on any atom is -0.494 e. The Morgan fingerprint density at radius 3 is 2.58 bits per heavy atom. The predicted molar refractivity (Wildman–Crippen MR) is 165 cm³/mol. The van der Waals surface area contributed by atoms with E-state index in [-0.39, 0.29) is 11.9 Å². The first-order chi connectivity index (χ1) is 19.1. The summed E-state index contributed by atoms with van der Waals surface area (Å²) in [5.74, 6) is 1.08. The van der Waals surface area contributed by atoms with E-state index in [1.807, 2.05) is 44.4 Å². The van der Waals surface area contributed by atoms with Gasteiger partial charge in [0.2, 0.25) is 11.9 Å². The van der Waals surface area contributed by atoms with Crippen LogP contribution in [-0.2, 0) is 11.8 Å². The lowest BCUT2D eigenvalue weighted by Gasteiger charge is -2.36. The summed E-state index contributed by atoms with van der Waals surface area (Å²) in [5, 5.41) is 7.40. The summed E-state index contributed by atoms with van der Waals surface area (Å²) >= 11 is 0. The zero-order valence-corrected chi connectivity index (χ0v) is 24.4. The number of carbonyl (C=O) groups excluding carboxylic acids is 1. The number of benzene rings is 2. The molecule has 0 fully saturated rings. The van der Waals surface area contributed by atoms with E-state index < -0.39 is 0 Å². The number of likely N-dealkylation sites (N-methyl/N-ethyl adjacent to an activating group) is 2. The Bertz CT molecular complexity index is 1510. The molecule has 1 amide bonds. The zero-order valence-electron chi connectivity index (χ0n) is 24.4. The van der Waals surface area contributed by atoms with Gasteiger partial charge in [0, 0.05) is 61.6 Å². The third-order valence-electron chi connectivity index (χ3n) is 7.04. The van der Waals surface area contributed by atoms with Crippen molar-refractivity contribution in [3.05, 3.63) is 67.5 Å². The van der Waals surface area contributed by atoms with Crippen LogP contribution in [-0.4, -0.2) is 66.2 Å². The van der Waals surface area contributed by atoms with Crippen molar-refractivity contribution in [2.24, 2.45) is 13.0 Å². The fourth-order valence-electron chi connectivity index (χ4n) is 4.98. The average Bonchev–Trinajstić information content (AvgIpc) is 3.28. The molecule has 9 heteroatoms. The number of para-hydroxylation sites is 1. The van der Waals surface area contributed by atoms with Gasteiger partial charge in [-0.2, -0.15) is 0 Å². The third-order valence-corrected chi connectivity index (χ3v) is 7.04. The Labute approximate surface area is 236 Å². The molecule has 9 nitrogen and oxygen atoms in total. The highest BCUT2D eigenvalue weighted by Gasteiger charge is 2.24. The topological polar surface area (TPSA) is 87.5 Å². The van der Waals surface area contributed by atoms with Crippen LogP contribution >= 0.6 is 0 Å². The summed E-state index contributed by atoms with van der Waals surface area (Å²) in [7, 11) is 9.81. The summed E-state index contributed by atoms with van der Waals surface area (Å²) in [6.07, 6.45) is 5.07. The average molecular weight is 542 g/mol. The molecule has 2 N–H and O–H groups in total. The maximum Gasteiger partial charge on any atom is 0.247 e. The molecular weight excluding hydrogens is 502 g/mol. The number of methoxy groups -OCH3 is 1. The predicted octanol–water partition coefficient (Wildman–Crippen LogP) is 5.53. The van der Waals surface area contributed by atoms with Gasteiger partial charge in [-0.15, -0.1) is 0 Å². The van der Waals surface area contributed by atoms with E-state index in [1.54, 1.807) is 13.3 Å². The zero-order chi connectivity index (χ0) is 29.0. The maximum absolute atomic E-state index is 12.4. The van der Waals surface area contributed by atoms with Gasteiger partial charge in [0.25, 0.3) is 0 Å². The first kappa shape index (κ1) is 28.6. The van der Waals surface area contributed by atoms with Crippen molar-refractivity contribution in [2.45, 2.75) is 19.9 Å². The Balaban J connectivity index is 1.75. The van der Waals surface area contributed by atoms with E-state index in [2.05, 4.69) is 82.8 Å². The maximum atomic E-state index is 12.4. The molecule has 2 aromatic heterocycles. The van der Waals surface area contributed by atoms with Crippen molar-refractivity contribution in [3.8, 4) is 17.0 Å². The van der Waals surface area contributed by atoms with Gasteiger partial charge in [-0.05, 0) is 44.3 Å². The van der Waals surface area contributed by atoms with Gasteiger partial charge in [0.15, 0.2) is 0 Å². The molecule has 0 saturated carbocycles. The SMILES string of the molecule is C=CC(=O)Nc1cc(Nc2nccc(-c3cn(C)c4ccccc34)n2)c(OC)cc1N(C)C(CN(C)C)C(C)C. The summed E-state index contributed by atoms with van der Waals surface area (Å²) in [6.45, 7) is 8.86. The molecule has 4 rings (SSSR count). The van der Waals surface area contributed by atoms with Gasteiger partial charge in [-0.3, -0.25) is 4.79 Å². The van der Waals surface area contributed by atoms with E-state index in [1.165, 1.54) is 6.08 Å². The lowest BCUT2D eigenvalue weighted by molar-refractivity contribution is -0.111. The van der Waals surface area contributed by atoms with E-state index in [9.17, 15) is 4.79 Å². The quantitative estimate of drug-likeness (QED) is 0.241. The van der Waals surface area contributed by atoms with Crippen molar-refractivity contribution in [1.29, 1.82) is 0 Å². The largest absolute Gasteiger partial charge is 0.494 e. The second kappa shape index (κ2) is 12.2. The molecule has 0 spiro atoms. The lowest BCUT2D eigenvalue weighted by atomic mass is 10.0. The molecule has 1 atom stereocenters. The monoisotopic (exact) mass is 541 g/mol. The smallest absolute Gasteiger partial charge is 0.247 e. The van der Waals surface area contributed by atoms with Gasteiger partial charge < -0.3 is 29.7 Å². The number of nitrogens with one attached hydrogen (secondary N) is 2. The van der Waals surface area contributed by atoms with Gasteiger partial charge in [-0.1, -0.05) is 38.6 Å². The van der Waals surface area contributed by atoms with Crippen molar-refractivity contribution in [3.63, 3.8) is 0 Å². The number of amides is 1. The second-order valence-electron chi connectivity index (χ2n) is 10.5. The normalized spacial score (nSPS) is 12.0. The molecule has 0 bridgehead atoms. The number of aryl methyl sites for hydroxylation is 1. The highest BCUT2D eigenvalue weighted by Crippen LogP contribution is 2.39. The number of hydrogen-bond acceptors (Lipinski definition) is 7. The second-order valence-corrected chi connectivity index (χ2v) is 10.5. The molecule has 1 unspecified atom stereocenters. The molecule has 2 aromatic carbocycles. The van der Waals surface area contributed by atoms with Gasteiger partial charge in [0.1, 0.15) is 5.75 Å². The number of nitrogens with zero attached hydrogens (tertiary/aromatic N) is 5. The van der Waals surface area contributed by atoms with Crippen LogP contribution in [0.15, 0.2) is 67.5 Å². The van der Waals surface area contributed by atoms with E-state index in [0.717, 1.165) is 34.4 Å². The number of fused-ring (bicyclic) bond motifs is 1. The van der Waals surface area contributed by atoms with Crippen LogP contribution in [0.1, 0.15) is 13.8 Å². The Morgan fingerprint density at radius 1 is 1.15 bits per heavy atom. The first-order valence-corrected chi connectivity index (χ1v) is 13.3. The summed E-state index contributed by atoms with van der Waals surface area (Å²) in [5.41, 5.74) is 5.04. The molecule has 0 saturated heterocycles. The van der Waals surface area contributed by atoms with Crippen molar-refractivity contribution >= 4 is 39.8 Å². The van der Waals surface area contributed by atoms with E-state index >= 15 is 0 Å². The Hall–Kier alpha value is -4.37. The molecule has 40 heavy (non-hydrogen) atoms. The van der Waals surface area contributed by atoms with Crippen molar-refractivity contribution in [1.82, 2.24) is 19.4 Å². The van der Waals surface area contributed by atoms with Gasteiger partial charge in [0.05, 0.1) is 29.9 Å². The third kappa shape index (κ3) is 6.10. The van der Waals surface area contributed by atoms with Crippen molar-refractivity contribution < 1.29 is 9.53 Å². The molecular formula is C31H39N7O2. The van der Waals surface area contributed by atoms with Crippen LogP contribution in [0, 0.1) is 5.92 Å². The number of rotatable bonds is 11. The minimum atomic E-state index is -0.298. The number of aromatic nitrogens is 3. The molecule has 2 heterocycles. The van der Waals surface area contributed by atoms with Crippen LogP contribution in [0.2, 0.25) is 0 Å². The van der Waals surface area contributed by atoms with E-state index in [0.29, 0.717) is 29.0 Å². The molecule has 0 radical (unpaired) electrons. The number of hydrogen-bond donors (Lipinski definition) is 2.